The van der Waals surface area contributed by atoms with Crippen molar-refractivity contribution in [3.05, 3.63) is 28.6 Å². The lowest BCUT2D eigenvalue weighted by atomic mass is 10.1. The van der Waals surface area contributed by atoms with Crippen molar-refractivity contribution in [1.82, 2.24) is 0 Å². The van der Waals surface area contributed by atoms with Gasteiger partial charge in [0.15, 0.2) is 5.75 Å². The van der Waals surface area contributed by atoms with Gasteiger partial charge < -0.3 is 19.4 Å². The first kappa shape index (κ1) is 14.2. The van der Waals surface area contributed by atoms with Crippen molar-refractivity contribution in [2.45, 2.75) is 39.2 Å². The van der Waals surface area contributed by atoms with Gasteiger partial charge in [0.05, 0.1) is 11.5 Å². The van der Waals surface area contributed by atoms with E-state index in [1.165, 1.54) is 18.2 Å². The molecule has 2 aromatic rings. The molecule has 20 heavy (non-hydrogen) atoms. The Morgan fingerprint density at radius 1 is 1.30 bits per heavy atom. The largest absolute Gasteiger partial charge is 0.508 e. The lowest BCUT2D eigenvalue weighted by molar-refractivity contribution is 0.172. The van der Waals surface area contributed by atoms with Crippen LogP contribution in [0, 0.1) is 0 Å². The van der Waals surface area contributed by atoms with Crippen molar-refractivity contribution >= 4 is 11.0 Å². The quantitative estimate of drug-likeness (QED) is 0.821. The van der Waals surface area contributed by atoms with Gasteiger partial charge in [0.2, 0.25) is 5.75 Å². The number of phenols is 1. The first-order chi connectivity index (χ1) is 9.56. The molecule has 0 saturated carbocycles. The molecule has 1 aromatic heterocycles. The summed E-state index contributed by atoms with van der Waals surface area (Å²) in [5, 5.41) is 19.9. The summed E-state index contributed by atoms with van der Waals surface area (Å²) in [6.45, 7) is 3.98. The molecule has 1 aromatic carbocycles. The van der Waals surface area contributed by atoms with Crippen LogP contribution in [0.15, 0.2) is 27.4 Å². The zero-order chi connectivity index (χ0) is 14.7. The van der Waals surface area contributed by atoms with Crippen molar-refractivity contribution in [2.75, 3.05) is 0 Å². The van der Waals surface area contributed by atoms with Crippen molar-refractivity contribution in [1.29, 1.82) is 0 Å². The highest BCUT2D eigenvalue weighted by Gasteiger charge is 2.19. The fourth-order valence-electron chi connectivity index (χ4n) is 2.10. The topological polar surface area (TPSA) is 79.9 Å². The van der Waals surface area contributed by atoms with Gasteiger partial charge in [-0.15, -0.1) is 0 Å². The SMILES string of the molecule is CCCC(CC)Oc1c(O)c2ccc(O)cc2oc1=O. The Labute approximate surface area is 116 Å². The maximum absolute atomic E-state index is 11.9. The zero-order valence-electron chi connectivity index (χ0n) is 11.5. The van der Waals surface area contributed by atoms with E-state index in [-0.39, 0.29) is 28.9 Å². The summed E-state index contributed by atoms with van der Waals surface area (Å²) < 4.78 is 10.7. The summed E-state index contributed by atoms with van der Waals surface area (Å²) in [5.41, 5.74) is -0.612. The van der Waals surface area contributed by atoms with Gasteiger partial charge in [-0.05, 0) is 25.0 Å². The van der Waals surface area contributed by atoms with Crippen LogP contribution in [-0.2, 0) is 0 Å². The van der Waals surface area contributed by atoms with Crippen LogP contribution in [-0.4, -0.2) is 16.3 Å². The maximum Gasteiger partial charge on any atom is 0.383 e. The van der Waals surface area contributed by atoms with E-state index in [2.05, 4.69) is 0 Å². The maximum atomic E-state index is 11.9. The molecule has 0 aliphatic carbocycles. The molecular weight excluding hydrogens is 260 g/mol. The highest BCUT2D eigenvalue weighted by molar-refractivity contribution is 5.86. The zero-order valence-corrected chi connectivity index (χ0v) is 11.5. The summed E-state index contributed by atoms with van der Waals surface area (Å²) >= 11 is 0. The van der Waals surface area contributed by atoms with Gasteiger partial charge in [-0.2, -0.15) is 0 Å². The van der Waals surface area contributed by atoms with Crippen LogP contribution in [0.1, 0.15) is 33.1 Å². The van der Waals surface area contributed by atoms with Crippen molar-refractivity contribution in [3.8, 4) is 17.2 Å². The predicted octanol–water partition coefficient (Wildman–Crippen LogP) is 3.16. The highest BCUT2D eigenvalue weighted by atomic mass is 16.5. The Morgan fingerprint density at radius 2 is 2.05 bits per heavy atom. The minimum Gasteiger partial charge on any atom is -0.508 e. The van der Waals surface area contributed by atoms with E-state index in [1.54, 1.807) is 0 Å². The van der Waals surface area contributed by atoms with Crippen LogP contribution < -0.4 is 10.4 Å². The molecular formula is C15H18O5. The number of hydrogen-bond acceptors (Lipinski definition) is 5. The van der Waals surface area contributed by atoms with Gasteiger partial charge in [-0.25, -0.2) is 4.79 Å². The number of rotatable bonds is 5. The minimum atomic E-state index is -0.741. The minimum absolute atomic E-state index is 0.0360. The normalized spacial score (nSPS) is 12.5. The summed E-state index contributed by atoms with van der Waals surface area (Å²) in [6.07, 6.45) is 2.32. The van der Waals surface area contributed by atoms with Crippen LogP contribution in [0.3, 0.4) is 0 Å². The molecule has 5 nitrogen and oxygen atoms in total. The predicted molar refractivity (Wildman–Crippen MR) is 75.4 cm³/mol. The molecule has 0 spiro atoms. The molecule has 1 atom stereocenters. The van der Waals surface area contributed by atoms with Gasteiger partial charge in [-0.3, -0.25) is 0 Å². The van der Waals surface area contributed by atoms with Gasteiger partial charge in [0.25, 0.3) is 0 Å². The van der Waals surface area contributed by atoms with Crippen molar-refractivity contribution < 1.29 is 19.4 Å². The Morgan fingerprint density at radius 3 is 2.70 bits per heavy atom. The number of hydrogen-bond donors (Lipinski definition) is 2. The number of benzene rings is 1. The summed E-state index contributed by atoms with van der Waals surface area (Å²) in [4.78, 5) is 11.9. The fraction of sp³-hybridized carbons (Fsp3) is 0.400. The molecule has 0 bridgehead atoms. The second-order valence-electron chi connectivity index (χ2n) is 4.68. The molecule has 1 heterocycles. The van der Waals surface area contributed by atoms with Crippen LogP contribution in [0.25, 0.3) is 11.0 Å². The van der Waals surface area contributed by atoms with Crippen LogP contribution >= 0.6 is 0 Å². The molecule has 0 amide bonds. The van der Waals surface area contributed by atoms with Gasteiger partial charge in [-0.1, -0.05) is 20.3 Å². The van der Waals surface area contributed by atoms with E-state index in [4.69, 9.17) is 9.15 Å². The smallest absolute Gasteiger partial charge is 0.383 e. The summed E-state index contributed by atoms with van der Waals surface area (Å²) in [7, 11) is 0. The summed E-state index contributed by atoms with van der Waals surface area (Å²) in [6, 6.07) is 4.18. The molecule has 0 radical (unpaired) electrons. The molecule has 0 aliphatic rings. The van der Waals surface area contributed by atoms with Crippen LogP contribution in [0.2, 0.25) is 0 Å². The monoisotopic (exact) mass is 278 g/mol. The Bertz CT molecular complexity index is 659. The van der Waals surface area contributed by atoms with E-state index in [0.717, 1.165) is 19.3 Å². The Kier molecular flexibility index (Phi) is 4.17. The fourth-order valence-corrected chi connectivity index (χ4v) is 2.10. The van der Waals surface area contributed by atoms with Gasteiger partial charge in [0.1, 0.15) is 11.3 Å². The molecule has 108 valence electrons. The molecule has 0 saturated heterocycles. The molecule has 2 N–H and O–H groups in total. The highest BCUT2D eigenvalue weighted by Crippen LogP contribution is 2.33. The first-order valence-electron chi connectivity index (χ1n) is 6.72. The van der Waals surface area contributed by atoms with Crippen LogP contribution in [0.5, 0.6) is 17.2 Å². The molecule has 0 aliphatic heterocycles. The number of aromatic hydroxyl groups is 2. The lowest BCUT2D eigenvalue weighted by Gasteiger charge is -2.16. The lowest BCUT2D eigenvalue weighted by Crippen LogP contribution is -2.19. The van der Waals surface area contributed by atoms with Gasteiger partial charge >= 0.3 is 5.63 Å². The van der Waals surface area contributed by atoms with E-state index in [1.807, 2.05) is 13.8 Å². The van der Waals surface area contributed by atoms with E-state index >= 15 is 0 Å². The number of phenolic OH excluding ortho intramolecular Hbond substituents is 1. The molecule has 0 fully saturated rings. The second-order valence-corrected chi connectivity index (χ2v) is 4.68. The van der Waals surface area contributed by atoms with E-state index in [0.29, 0.717) is 5.39 Å². The Hall–Kier alpha value is -2.17. The third kappa shape index (κ3) is 2.71. The van der Waals surface area contributed by atoms with E-state index < -0.39 is 5.63 Å². The Balaban J connectivity index is 2.48. The molecule has 5 heteroatoms. The van der Waals surface area contributed by atoms with Gasteiger partial charge in [0, 0.05) is 6.07 Å². The average molecular weight is 278 g/mol. The molecule has 1 unspecified atom stereocenters. The number of fused-ring (bicyclic) bond motifs is 1. The number of ether oxygens (including phenoxy) is 1. The average Bonchev–Trinajstić information content (AvgIpc) is 2.41. The summed E-state index contributed by atoms with van der Waals surface area (Å²) in [5.74, 6) is -0.444. The molecule has 2 rings (SSSR count). The second kappa shape index (κ2) is 5.86. The van der Waals surface area contributed by atoms with E-state index in [9.17, 15) is 15.0 Å². The van der Waals surface area contributed by atoms with Crippen molar-refractivity contribution in [2.24, 2.45) is 0 Å². The third-order valence-corrected chi connectivity index (χ3v) is 3.17. The third-order valence-electron chi connectivity index (χ3n) is 3.17. The first-order valence-corrected chi connectivity index (χ1v) is 6.72. The van der Waals surface area contributed by atoms with Crippen molar-refractivity contribution in [3.63, 3.8) is 0 Å². The van der Waals surface area contributed by atoms with Crippen LogP contribution in [0.4, 0.5) is 0 Å². The standard InChI is InChI=1S/C15H18O5/c1-3-5-10(4-2)19-14-13(17)11-7-6-9(16)8-12(11)20-15(14)18/h6-8,10,16-17H,3-5H2,1-2H3.